The number of rotatable bonds is 4. The highest BCUT2D eigenvalue weighted by Gasteiger charge is 2.25. The lowest BCUT2D eigenvalue weighted by atomic mass is 10.0. The Hall–Kier alpha value is -2.51. The van der Waals surface area contributed by atoms with Crippen molar-refractivity contribution in [2.45, 2.75) is 18.9 Å². The van der Waals surface area contributed by atoms with Gasteiger partial charge in [-0.1, -0.05) is 0 Å². The second-order valence-electron chi connectivity index (χ2n) is 6.16. The van der Waals surface area contributed by atoms with Gasteiger partial charge in [-0.05, 0) is 18.9 Å². The highest BCUT2D eigenvalue weighted by molar-refractivity contribution is 5.44. The lowest BCUT2D eigenvalue weighted by Gasteiger charge is -2.38. The molecule has 0 bridgehead atoms. The number of anilines is 3. The van der Waals surface area contributed by atoms with E-state index in [0.717, 1.165) is 31.7 Å². The van der Waals surface area contributed by atoms with Crippen LogP contribution in [-0.4, -0.2) is 60.2 Å². The molecule has 7 nitrogen and oxygen atoms in total. The van der Waals surface area contributed by atoms with E-state index in [1.165, 1.54) is 12.4 Å². The van der Waals surface area contributed by atoms with Gasteiger partial charge in [0.25, 0.3) is 0 Å². The van der Waals surface area contributed by atoms with Crippen LogP contribution in [-0.2, 0) is 0 Å². The molecule has 0 aromatic carbocycles. The van der Waals surface area contributed by atoms with Crippen LogP contribution in [0.15, 0.2) is 24.7 Å². The molecule has 3 heterocycles. The Labute approximate surface area is 141 Å². The molecule has 3 rings (SSSR count). The van der Waals surface area contributed by atoms with Crippen molar-refractivity contribution < 1.29 is 4.39 Å². The first-order valence-electron chi connectivity index (χ1n) is 8.00. The van der Waals surface area contributed by atoms with E-state index in [1.54, 1.807) is 6.20 Å². The predicted molar refractivity (Wildman–Crippen MR) is 92.0 cm³/mol. The van der Waals surface area contributed by atoms with Crippen LogP contribution < -0.4 is 14.7 Å². The van der Waals surface area contributed by atoms with Crippen LogP contribution in [0.4, 0.5) is 22.1 Å². The van der Waals surface area contributed by atoms with Crippen molar-refractivity contribution in [1.29, 1.82) is 0 Å². The molecule has 1 aliphatic rings. The zero-order valence-corrected chi connectivity index (χ0v) is 14.2. The summed E-state index contributed by atoms with van der Waals surface area (Å²) >= 11 is 0. The molecule has 8 heteroatoms. The highest BCUT2D eigenvalue weighted by Crippen LogP contribution is 2.22. The maximum atomic E-state index is 13.0. The van der Waals surface area contributed by atoms with E-state index in [9.17, 15) is 4.39 Å². The first kappa shape index (κ1) is 16.4. The fourth-order valence-electron chi connectivity index (χ4n) is 2.86. The van der Waals surface area contributed by atoms with Gasteiger partial charge in [-0.25, -0.2) is 19.3 Å². The summed E-state index contributed by atoms with van der Waals surface area (Å²) < 4.78 is 13.0. The molecule has 1 unspecified atom stereocenters. The van der Waals surface area contributed by atoms with E-state index in [2.05, 4.69) is 29.7 Å². The number of hydrogen-bond donors (Lipinski definition) is 0. The molecule has 128 valence electrons. The molecule has 1 aliphatic heterocycles. The average molecular weight is 331 g/mol. The van der Waals surface area contributed by atoms with Crippen LogP contribution in [0.1, 0.15) is 12.8 Å². The topological polar surface area (TPSA) is 61.3 Å². The van der Waals surface area contributed by atoms with Crippen LogP contribution in [0.3, 0.4) is 0 Å². The number of piperidine rings is 1. The molecular weight excluding hydrogens is 309 g/mol. The van der Waals surface area contributed by atoms with E-state index in [-0.39, 0.29) is 6.04 Å². The quantitative estimate of drug-likeness (QED) is 0.843. The number of likely N-dealkylation sites (N-methyl/N-ethyl adjacent to an activating group) is 1. The van der Waals surface area contributed by atoms with E-state index in [0.29, 0.717) is 11.9 Å². The first-order chi connectivity index (χ1) is 11.5. The standard InChI is InChI=1S/C16H22FN7/c1-22(2)16-18-7-6-14(21-16)23(3)13-5-4-8-24(11-13)15-19-9-12(17)10-20-15/h6-7,9-10,13H,4-5,8,11H2,1-3H3. The van der Waals surface area contributed by atoms with Gasteiger partial charge in [-0.3, -0.25) is 0 Å². The molecule has 0 radical (unpaired) electrons. The van der Waals surface area contributed by atoms with Gasteiger partial charge in [0.15, 0.2) is 5.82 Å². The summed E-state index contributed by atoms with van der Waals surface area (Å²) in [5.41, 5.74) is 0. The van der Waals surface area contributed by atoms with Crippen molar-refractivity contribution in [3.8, 4) is 0 Å². The number of nitrogens with zero attached hydrogens (tertiary/aromatic N) is 7. The SMILES string of the molecule is CN(C)c1nccc(N(C)C2CCCN(c3ncc(F)cn3)C2)n1. The first-order valence-corrected chi connectivity index (χ1v) is 8.00. The van der Waals surface area contributed by atoms with Crippen molar-refractivity contribution in [1.82, 2.24) is 19.9 Å². The minimum Gasteiger partial charge on any atom is -0.355 e. The summed E-state index contributed by atoms with van der Waals surface area (Å²) in [6.07, 6.45) is 6.29. The largest absolute Gasteiger partial charge is 0.355 e. The van der Waals surface area contributed by atoms with Crippen LogP contribution in [0.2, 0.25) is 0 Å². The van der Waals surface area contributed by atoms with Gasteiger partial charge in [0.2, 0.25) is 11.9 Å². The summed E-state index contributed by atoms with van der Waals surface area (Å²) in [5, 5.41) is 0. The monoisotopic (exact) mass is 331 g/mol. The molecule has 1 fully saturated rings. The Kier molecular flexibility index (Phi) is 4.73. The van der Waals surface area contributed by atoms with Crippen molar-refractivity contribution in [3.63, 3.8) is 0 Å². The van der Waals surface area contributed by atoms with Gasteiger partial charge in [-0.2, -0.15) is 4.98 Å². The van der Waals surface area contributed by atoms with Gasteiger partial charge in [0.05, 0.1) is 12.4 Å². The van der Waals surface area contributed by atoms with E-state index in [4.69, 9.17) is 0 Å². The Morgan fingerprint density at radius 1 is 1.17 bits per heavy atom. The van der Waals surface area contributed by atoms with Crippen LogP contribution in [0, 0.1) is 5.82 Å². The molecule has 1 saturated heterocycles. The summed E-state index contributed by atoms with van der Waals surface area (Å²) in [6.45, 7) is 1.66. The maximum absolute atomic E-state index is 13.0. The molecular formula is C16H22FN7. The molecule has 0 aliphatic carbocycles. The third-order valence-corrected chi connectivity index (χ3v) is 4.22. The number of hydrogen-bond acceptors (Lipinski definition) is 7. The third-order valence-electron chi connectivity index (χ3n) is 4.22. The van der Waals surface area contributed by atoms with Crippen LogP contribution in [0.25, 0.3) is 0 Å². The summed E-state index contributed by atoms with van der Waals surface area (Å²) in [4.78, 5) is 23.2. The van der Waals surface area contributed by atoms with Crippen molar-refractivity contribution in [3.05, 3.63) is 30.5 Å². The van der Waals surface area contributed by atoms with E-state index < -0.39 is 5.82 Å². The summed E-state index contributed by atoms with van der Waals surface area (Å²) in [7, 11) is 5.89. The van der Waals surface area contributed by atoms with E-state index >= 15 is 0 Å². The smallest absolute Gasteiger partial charge is 0.226 e. The van der Waals surface area contributed by atoms with Gasteiger partial charge < -0.3 is 14.7 Å². The molecule has 2 aromatic heterocycles. The minimum atomic E-state index is -0.415. The lowest BCUT2D eigenvalue weighted by Crippen LogP contribution is -2.47. The molecule has 0 N–H and O–H groups in total. The van der Waals surface area contributed by atoms with Gasteiger partial charge >= 0.3 is 0 Å². The van der Waals surface area contributed by atoms with Crippen molar-refractivity contribution in [2.24, 2.45) is 0 Å². The zero-order chi connectivity index (χ0) is 17.1. The van der Waals surface area contributed by atoms with Gasteiger partial charge in [-0.15, -0.1) is 0 Å². The third kappa shape index (κ3) is 3.52. The number of aromatic nitrogens is 4. The maximum Gasteiger partial charge on any atom is 0.226 e. The fraction of sp³-hybridized carbons (Fsp3) is 0.500. The van der Waals surface area contributed by atoms with E-state index in [1.807, 2.05) is 32.1 Å². The number of halogens is 1. The Balaban J connectivity index is 1.74. The average Bonchev–Trinajstić information content (AvgIpc) is 2.62. The van der Waals surface area contributed by atoms with Crippen LogP contribution in [0.5, 0.6) is 0 Å². The summed E-state index contributed by atoms with van der Waals surface area (Å²) in [5.74, 6) is 1.74. The molecule has 1 atom stereocenters. The predicted octanol–water partition coefficient (Wildman–Crippen LogP) is 1.58. The molecule has 0 amide bonds. The Morgan fingerprint density at radius 2 is 1.92 bits per heavy atom. The van der Waals surface area contributed by atoms with Crippen LogP contribution >= 0.6 is 0 Å². The van der Waals surface area contributed by atoms with Crippen molar-refractivity contribution in [2.75, 3.05) is 48.9 Å². The Morgan fingerprint density at radius 3 is 2.62 bits per heavy atom. The lowest BCUT2D eigenvalue weighted by molar-refractivity contribution is 0.479. The second kappa shape index (κ2) is 6.94. The molecule has 0 spiro atoms. The fourth-order valence-corrected chi connectivity index (χ4v) is 2.86. The van der Waals surface area contributed by atoms with Crippen molar-refractivity contribution >= 4 is 17.7 Å². The molecule has 24 heavy (non-hydrogen) atoms. The highest BCUT2D eigenvalue weighted by atomic mass is 19.1. The zero-order valence-electron chi connectivity index (χ0n) is 14.2. The normalized spacial score (nSPS) is 17.7. The summed E-state index contributed by atoms with van der Waals surface area (Å²) in [6, 6.07) is 2.21. The molecule has 2 aromatic rings. The van der Waals surface area contributed by atoms with Gasteiger partial charge in [0.1, 0.15) is 5.82 Å². The van der Waals surface area contributed by atoms with Gasteiger partial charge in [0, 0.05) is 46.5 Å². The second-order valence-corrected chi connectivity index (χ2v) is 6.16. The molecule has 0 saturated carbocycles. The minimum absolute atomic E-state index is 0.289. The Bertz CT molecular complexity index is 676.